The van der Waals surface area contributed by atoms with Crippen molar-refractivity contribution in [1.29, 1.82) is 0 Å². The molecule has 1 aromatic heterocycles. The zero-order chi connectivity index (χ0) is 14.0. The average molecular weight is 261 g/mol. The molecule has 1 atom stereocenters. The molecule has 1 aliphatic rings. The number of nitrogens with zero attached hydrogens (tertiary/aromatic N) is 2. The van der Waals surface area contributed by atoms with Crippen LogP contribution in [0.2, 0.25) is 0 Å². The van der Waals surface area contributed by atoms with Gasteiger partial charge in [-0.1, -0.05) is 6.92 Å². The molecule has 1 unspecified atom stereocenters. The Morgan fingerprint density at radius 2 is 2.16 bits per heavy atom. The number of rotatable bonds is 4. The lowest BCUT2D eigenvalue weighted by Gasteiger charge is -2.16. The highest BCUT2D eigenvalue weighted by Gasteiger charge is 2.37. The summed E-state index contributed by atoms with van der Waals surface area (Å²) in [6.07, 6.45) is 2.24. The predicted molar refractivity (Wildman–Crippen MR) is 67.5 cm³/mol. The van der Waals surface area contributed by atoms with Gasteiger partial charge in [0.2, 0.25) is 5.91 Å². The quantitative estimate of drug-likeness (QED) is 0.805. The van der Waals surface area contributed by atoms with Gasteiger partial charge in [0.1, 0.15) is 12.2 Å². The van der Waals surface area contributed by atoms with Crippen molar-refractivity contribution >= 4 is 17.7 Å². The maximum atomic E-state index is 12.0. The number of aromatic nitrogens is 1. The Morgan fingerprint density at radius 1 is 1.42 bits per heavy atom. The molecule has 0 spiro atoms. The van der Waals surface area contributed by atoms with Crippen LogP contribution in [0, 0.1) is 0 Å². The molecule has 0 radical (unpaired) electrons. The van der Waals surface area contributed by atoms with E-state index >= 15 is 0 Å². The van der Waals surface area contributed by atoms with Crippen molar-refractivity contribution in [3.05, 3.63) is 29.6 Å². The molecule has 6 heteroatoms. The van der Waals surface area contributed by atoms with Gasteiger partial charge in [-0.05, 0) is 25.5 Å². The standard InChI is InChI=1S/C13H15N3O3/c1-3-8(2)15-10(17)7-16-12(18)9-5-4-6-14-11(9)13(16)19/h4-6,8H,3,7H2,1-2H3,(H,15,17). The van der Waals surface area contributed by atoms with Gasteiger partial charge in [0.25, 0.3) is 11.8 Å². The van der Waals surface area contributed by atoms with E-state index in [9.17, 15) is 14.4 Å². The molecule has 2 heterocycles. The van der Waals surface area contributed by atoms with Crippen LogP contribution in [0.15, 0.2) is 18.3 Å². The highest BCUT2D eigenvalue weighted by Crippen LogP contribution is 2.19. The average Bonchev–Trinajstić information content (AvgIpc) is 2.64. The molecule has 1 aliphatic heterocycles. The summed E-state index contributed by atoms with van der Waals surface area (Å²) in [4.78, 5) is 40.5. The van der Waals surface area contributed by atoms with Crippen molar-refractivity contribution in [1.82, 2.24) is 15.2 Å². The van der Waals surface area contributed by atoms with Crippen LogP contribution in [0.4, 0.5) is 0 Å². The summed E-state index contributed by atoms with van der Waals surface area (Å²) < 4.78 is 0. The first-order valence-electron chi connectivity index (χ1n) is 6.15. The lowest BCUT2D eigenvalue weighted by atomic mass is 10.2. The van der Waals surface area contributed by atoms with E-state index in [1.165, 1.54) is 12.3 Å². The third kappa shape index (κ3) is 2.47. The van der Waals surface area contributed by atoms with Gasteiger partial charge in [0.15, 0.2) is 0 Å². The Labute approximate surface area is 110 Å². The van der Waals surface area contributed by atoms with Crippen LogP contribution in [0.25, 0.3) is 0 Å². The van der Waals surface area contributed by atoms with Crippen molar-refractivity contribution in [3.63, 3.8) is 0 Å². The molecule has 6 nitrogen and oxygen atoms in total. The number of fused-ring (bicyclic) bond motifs is 1. The fraction of sp³-hybridized carbons (Fsp3) is 0.385. The van der Waals surface area contributed by atoms with E-state index in [4.69, 9.17) is 0 Å². The van der Waals surface area contributed by atoms with Gasteiger partial charge < -0.3 is 5.32 Å². The summed E-state index contributed by atoms with van der Waals surface area (Å²) in [5.41, 5.74) is 0.368. The molecule has 0 fully saturated rings. The fourth-order valence-electron chi connectivity index (χ4n) is 1.82. The predicted octanol–water partition coefficient (Wildman–Crippen LogP) is 0.592. The molecule has 0 bridgehead atoms. The Bertz CT molecular complexity index is 507. The smallest absolute Gasteiger partial charge is 0.280 e. The summed E-state index contributed by atoms with van der Waals surface area (Å²) in [7, 11) is 0. The second-order valence-electron chi connectivity index (χ2n) is 4.47. The van der Waals surface area contributed by atoms with Gasteiger partial charge in [-0.15, -0.1) is 0 Å². The minimum atomic E-state index is -0.514. The minimum absolute atomic E-state index is 0.0146. The highest BCUT2D eigenvalue weighted by atomic mass is 16.2. The lowest BCUT2D eigenvalue weighted by Crippen LogP contribution is -2.43. The van der Waals surface area contributed by atoms with E-state index in [0.29, 0.717) is 0 Å². The van der Waals surface area contributed by atoms with E-state index in [0.717, 1.165) is 11.3 Å². The van der Waals surface area contributed by atoms with Crippen LogP contribution >= 0.6 is 0 Å². The van der Waals surface area contributed by atoms with E-state index < -0.39 is 11.8 Å². The second-order valence-corrected chi connectivity index (χ2v) is 4.47. The molecular formula is C13H15N3O3. The second kappa shape index (κ2) is 5.17. The van der Waals surface area contributed by atoms with Gasteiger partial charge in [-0.2, -0.15) is 0 Å². The van der Waals surface area contributed by atoms with Crippen molar-refractivity contribution < 1.29 is 14.4 Å². The molecule has 1 N–H and O–H groups in total. The largest absolute Gasteiger partial charge is 0.352 e. The zero-order valence-corrected chi connectivity index (χ0v) is 10.8. The van der Waals surface area contributed by atoms with Gasteiger partial charge >= 0.3 is 0 Å². The van der Waals surface area contributed by atoms with Gasteiger partial charge in [-0.25, -0.2) is 0 Å². The summed E-state index contributed by atoms with van der Waals surface area (Å²) in [6.45, 7) is 3.54. The Kier molecular flexibility index (Phi) is 3.59. The maximum Gasteiger partial charge on any atom is 0.280 e. The van der Waals surface area contributed by atoms with Crippen LogP contribution in [-0.2, 0) is 4.79 Å². The van der Waals surface area contributed by atoms with Crippen molar-refractivity contribution in [2.75, 3.05) is 6.54 Å². The number of hydrogen-bond donors (Lipinski definition) is 1. The van der Waals surface area contributed by atoms with Crippen LogP contribution in [0.1, 0.15) is 41.1 Å². The SMILES string of the molecule is CCC(C)NC(=O)CN1C(=O)c2cccnc2C1=O. The number of nitrogens with one attached hydrogen (secondary N) is 1. The Hall–Kier alpha value is -2.24. The molecule has 19 heavy (non-hydrogen) atoms. The normalized spacial score (nSPS) is 15.4. The maximum absolute atomic E-state index is 12.0. The summed E-state index contributed by atoms with van der Waals surface area (Å²) in [6, 6.07) is 3.14. The minimum Gasteiger partial charge on any atom is -0.352 e. The number of hydrogen-bond acceptors (Lipinski definition) is 4. The fourth-order valence-corrected chi connectivity index (χ4v) is 1.82. The number of carbonyl (C=O) groups is 3. The van der Waals surface area contributed by atoms with Crippen molar-refractivity contribution in [2.45, 2.75) is 26.3 Å². The Balaban J connectivity index is 2.10. The third-order valence-electron chi connectivity index (χ3n) is 3.05. The van der Waals surface area contributed by atoms with Crippen molar-refractivity contribution in [3.8, 4) is 0 Å². The monoisotopic (exact) mass is 261 g/mol. The van der Waals surface area contributed by atoms with Gasteiger partial charge in [0, 0.05) is 12.2 Å². The first kappa shape index (κ1) is 13.2. The molecular weight excluding hydrogens is 246 g/mol. The molecule has 0 aromatic carbocycles. The first-order chi connectivity index (χ1) is 9.04. The number of pyridine rings is 1. The lowest BCUT2D eigenvalue weighted by molar-refractivity contribution is -0.122. The summed E-state index contributed by atoms with van der Waals surface area (Å²) in [5.74, 6) is -1.32. The molecule has 1 aromatic rings. The van der Waals surface area contributed by atoms with Gasteiger partial charge in [0.05, 0.1) is 5.56 Å². The van der Waals surface area contributed by atoms with Crippen LogP contribution in [0.3, 0.4) is 0 Å². The molecule has 2 rings (SSSR count). The summed E-state index contributed by atoms with van der Waals surface area (Å²) >= 11 is 0. The number of imide groups is 1. The molecule has 0 aliphatic carbocycles. The van der Waals surface area contributed by atoms with Crippen molar-refractivity contribution in [2.24, 2.45) is 0 Å². The first-order valence-corrected chi connectivity index (χ1v) is 6.15. The topological polar surface area (TPSA) is 79.4 Å². The zero-order valence-electron chi connectivity index (χ0n) is 10.8. The summed E-state index contributed by atoms with van der Waals surface area (Å²) in [5, 5.41) is 2.72. The highest BCUT2D eigenvalue weighted by molar-refractivity contribution is 6.21. The van der Waals surface area contributed by atoms with E-state index in [2.05, 4.69) is 10.3 Å². The van der Waals surface area contributed by atoms with Gasteiger partial charge in [-0.3, -0.25) is 24.3 Å². The van der Waals surface area contributed by atoms with Crippen LogP contribution in [-0.4, -0.2) is 40.2 Å². The molecule has 3 amide bonds. The number of amides is 3. The molecule has 100 valence electrons. The molecule has 0 saturated heterocycles. The number of carbonyl (C=O) groups excluding carboxylic acids is 3. The molecule has 0 saturated carbocycles. The van der Waals surface area contributed by atoms with E-state index in [1.54, 1.807) is 6.07 Å². The Morgan fingerprint density at radius 3 is 2.79 bits per heavy atom. The van der Waals surface area contributed by atoms with Crippen LogP contribution in [0.5, 0.6) is 0 Å². The third-order valence-corrected chi connectivity index (χ3v) is 3.05. The van der Waals surface area contributed by atoms with E-state index in [1.807, 2.05) is 13.8 Å². The van der Waals surface area contributed by atoms with E-state index in [-0.39, 0.29) is 29.8 Å². The van der Waals surface area contributed by atoms with Crippen LogP contribution < -0.4 is 5.32 Å².